The topological polar surface area (TPSA) is 87.1 Å². The Labute approximate surface area is 261 Å². The van der Waals surface area contributed by atoms with Gasteiger partial charge in [0.1, 0.15) is 0 Å². The maximum absolute atomic E-state index is 11.3. The summed E-state index contributed by atoms with van der Waals surface area (Å²) in [7, 11) is 0. The number of aromatic carboxylic acids is 1. The number of aliphatic carboxylic acids is 1. The van der Waals surface area contributed by atoms with Crippen LogP contribution in [0, 0.1) is 5.41 Å². The van der Waals surface area contributed by atoms with Crippen LogP contribution < -0.4 is 0 Å². The van der Waals surface area contributed by atoms with Gasteiger partial charge in [-0.25, -0.2) is 4.79 Å². The smallest absolute Gasteiger partial charge is 0.335 e. The Kier molecular flexibility index (Phi) is 12.5. The van der Waals surface area contributed by atoms with Gasteiger partial charge in [0, 0.05) is 19.5 Å². The zero-order chi connectivity index (χ0) is 31.2. The predicted molar refractivity (Wildman–Crippen MR) is 175 cm³/mol. The fraction of sp³-hybridized carbons (Fsp3) is 0.368. The second-order valence-electron chi connectivity index (χ2n) is 12.1. The quantitative estimate of drug-likeness (QED) is 0.144. The van der Waals surface area contributed by atoms with Crippen molar-refractivity contribution in [3.8, 4) is 0 Å². The fourth-order valence-electron chi connectivity index (χ4n) is 5.58. The van der Waals surface area contributed by atoms with Crippen molar-refractivity contribution >= 4 is 11.9 Å². The van der Waals surface area contributed by atoms with Gasteiger partial charge in [0.2, 0.25) is 0 Å². The Hall–Kier alpha value is -4.00. The first-order chi connectivity index (χ1) is 21.3. The molecule has 0 aromatic heterocycles. The average molecular weight is 596 g/mol. The predicted octanol–water partition coefficient (Wildman–Crippen LogP) is 8.24. The molecular weight excluding hydrogens is 550 g/mol. The van der Waals surface area contributed by atoms with E-state index in [1.54, 1.807) is 12.1 Å². The lowest BCUT2D eigenvalue weighted by Crippen LogP contribution is -2.30. The number of carboxylic acids is 2. The fourth-order valence-corrected chi connectivity index (χ4v) is 5.58. The summed E-state index contributed by atoms with van der Waals surface area (Å²) in [6, 6.07) is 26.0. The summed E-state index contributed by atoms with van der Waals surface area (Å²) in [5, 5.41) is 18.3. The number of nitrogens with zero attached hydrogens (tertiary/aromatic N) is 1. The second-order valence-corrected chi connectivity index (χ2v) is 12.1. The molecule has 0 heterocycles. The average Bonchev–Trinajstić information content (AvgIpc) is 3.03. The lowest BCUT2D eigenvalue weighted by atomic mass is 9.79. The van der Waals surface area contributed by atoms with Gasteiger partial charge in [0.15, 0.2) is 0 Å². The van der Waals surface area contributed by atoms with Crippen molar-refractivity contribution in [1.29, 1.82) is 0 Å². The molecule has 2 atom stereocenters. The van der Waals surface area contributed by atoms with E-state index in [0.29, 0.717) is 26.1 Å². The Balaban J connectivity index is 1.41. The first kappa shape index (κ1) is 32.9. The van der Waals surface area contributed by atoms with Gasteiger partial charge in [0.25, 0.3) is 0 Å². The highest BCUT2D eigenvalue weighted by Gasteiger charge is 2.21. The highest BCUT2D eigenvalue weighted by Crippen LogP contribution is 2.32. The number of carbonyl (C=O) groups is 2. The Morgan fingerprint density at radius 3 is 2.23 bits per heavy atom. The molecule has 0 amide bonds. The van der Waals surface area contributed by atoms with Crippen LogP contribution >= 0.6 is 0 Å². The van der Waals surface area contributed by atoms with Crippen LogP contribution in [0.15, 0.2) is 103 Å². The van der Waals surface area contributed by atoms with Crippen LogP contribution in [0.5, 0.6) is 0 Å². The standard InChI is InChI=1S/C38H45NO5/c1-38(23-8-4-9-24-38)25-22-30-14-16-32(17-15-30)29-44-35(33-11-5-2-6-12-33)28-39(26-10-3-7-13-36(40)41)27-31-18-20-34(21-19-31)37(42)43/h2,4-6,8-9,11-12,14-21,23,35H,3,7,10,13,22,24-29H2,1H3,(H,40,41)(H,42,43). The minimum atomic E-state index is -0.939. The van der Waals surface area contributed by atoms with Crippen molar-refractivity contribution in [3.63, 3.8) is 0 Å². The third-order valence-corrected chi connectivity index (χ3v) is 8.36. The highest BCUT2D eigenvalue weighted by atomic mass is 16.5. The van der Waals surface area contributed by atoms with Gasteiger partial charge < -0.3 is 14.9 Å². The zero-order valence-electron chi connectivity index (χ0n) is 25.7. The molecule has 0 aliphatic heterocycles. The highest BCUT2D eigenvalue weighted by molar-refractivity contribution is 5.87. The number of hydrogen-bond acceptors (Lipinski definition) is 4. The van der Waals surface area contributed by atoms with Crippen LogP contribution in [-0.4, -0.2) is 40.1 Å². The van der Waals surface area contributed by atoms with Crippen LogP contribution in [0.3, 0.4) is 0 Å². The van der Waals surface area contributed by atoms with Gasteiger partial charge in [0.05, 0.1) is 18.3 Å². The maximum atomic E-state index is 11.3. The van der Waals surface area contributed by atoms with E-state index >= 15 is 0 Å². The van der Waals surface area contributed by atoms with Crippen LogP contribution in [0.2, 0.25) is 0 Å². The van der Waals surface area contributed by atoms with Gasteiger partial charge >= 0.3 is 11.9 Å². The first-order valence-electron chi connectivity index (χ1n) is 15.6. The monoisotopic (exact) mass is 595 g/mol. The Bertz CT molecular complexity index is 1380. The van der Waals surface area contributed by atoms with Gasteiger partial charge in [-0.1, -0.05) is 104 Å². The van der Waals surface area contributed by atoms with Crippen LogP contribution in [-0.2, 0) is 29.1 Å². The van der Waals surface area contributed by atoms with E-state index in [1.165, 1.54) is 5.56 Å². The summed E-state index contributed by atoms with van der Waals surface area (Å²) < 4.78 is 6.59. The normalized spacial score (nSPS) is 16.7. The number of hydrogen-bond donors (Lipinski definition) is 2. The summed E-state index contributed by atoms with van der Waals surface area (Å²) in [6.45, 7) is 4.90. The number of aryl methyl sites for hydroxylation is 1. The summed E-state index contributed by atoms with van der Waals surface area (Å²) in [4.78, 5) is 24.6. The van der Waals surface area contributed by atoms with E-state index in [0.717, 1.165) is 55.3 Å². The van der Waals surface area contributed by atoms with E-state index < -0.39 is 11.9 Å². The van der Waals surface area contributed by atoms with Crippen molar-refractivity contribution in [2.75, 3.05) is 13.1 Å². The van der Waals surface area contributed by atoms with Crippen LogP contribution in [0.25, 0.3) is 0 Å². The SMILES string of the molecule is CC1(CCc2ccc(COC(CN(CCCCCC(=O)O)Cc3ccc(C(=O)O)cc3)c3ccccc3)cc2)C=CC=CC1. The van der Waals surface area contributed by atoms with E-state index in [1.807, 2.05) is 30.3 Å². The molecule has 1 aliphatic carbocycles. The number of ether oxygens (including phenoxy) is 1. The number of rotatable bonds is 18. The number of allylic oxidation sites excluding steroid dienone is 4. The molecule has 3 aromatic rings. The molecule has 232 valence electrons. The van der Waals surface area contributed by atoms with E-state index in [9.17, 15) is 14.7 Å². The molecule has 0 bridgehead atoms. The van der Waals surface area contributed by atoms with Gasteiger partial charge in [-0.05, 0) is 78.5 Å². The van der Waals surface area contributed by atoms with Gasteiger partial charge in [-0.15, -0.1) is 0 Å². The number of unbranched alkanes of at least 4 members (excludes halogenated alkanes) is 2. The molecule has 0 fully saturated rings. The van der Waals surface area contributed by atoms with Crippen LogP contribution in [0.4, 0.5) is 0 Å². The van der Waals surface area contributed by atoms with Gasteiger partial charge in [-0.3, -0.25) is 9.69 Å². The molecule has 1 aliphatic rings. The minimum absolute atomic E-state index is 0.167. The van der Waals surface area contributed by atoms with Crippen molar-refractivity contribution in [3.05, 3.63) is 131 Å². The van der Waals surface area contributed by atoms with E-state index in [4.69, 9.17) is 9.84 Å². The van der Waals surface area contributed by atoms with E-state index in [2.05, 4.69) is 72.5 Å². The van der Waals surface area contributed by atoms with Crippen molar-refractivity contribution in [2.24, 2.45) is 5.41 Å². The van der Waals surface area contributed by atoms with Crippen molar-refractivity contribution in [2.45, 2.75) is 71.1 Å². The molecule has 2 unspecified atom stereocenters. The molecule has 0 saturated heterocycles. The molecule has 2 N–H and O–H groups in total. The summed E-state index contributed by atoms with van der Waals surface area (Å²) in [5.41, 5.74) is 5.08. The molecular formula is C38H45NO5. The number of carboxylic acid groups (broad SMARTS) is 2. The molecule has 6 heteroatoms. The molecule has 6 nitrogen and oxygen atoms in total. The lowest BCUT2D eigenvalue weighted by Gasteiger charge is -2.28. The Morgan fingerprint density at radius 1 is 0.864 bits per heavy atom. The Morgan fingerprint density at radius 2 is 1.57 bits per heavy atom. The summed E-state index contributed by atoms with van der Waals surface area (Å²) in [5.74, 6) is -1.70. The summed E-state index contributed by atoms with van der Waals surface area (Å²) in [6.07, 6.45) is 14.5. The minimum Gasteiger partial charge on any atom is -0.481 e. The van der Waals surface area contributed by atoms with Crippen molar-refractivity contribution in [1.82, 2.24) is 4.90 Å². The van der Waals surface area contributed by atoms with Gasteiger partial charge in [-0.2, -0.15) is 0 Å². The number of benzene rings is 3. The molecule has 44 heavy (non-hydrogen) atoms. The molecule has 4 rings (SSSR count). The third-order valence-electron chi connectivity index (χ3n) is 8.36. The van der Waals surface area contributed by atoms with E-state index in [-0.39, 0.29) is 23.5 Å². The molecule has 0 radical (unpaired) electrons. The second kappa shape index (κ2) is 16.7. The third kappa shape index (κ3) is 10.9. The van der Waals surface area contributed by atoms with Crippen molar-refractivity contribution < 1.29 is 24.5 Å². The summed E-state index contributed by atoms with van der Waals surface area (Å²) >= 11 is 0. The largest absolute Gasteiger partial charge is 0.481 e. The maximum Gasteiger partial charge on any atom is 0.335 e. The molecule has 0 saturated carbocycles. The molecule has 3 aromatic carbocycles. The van der Waals surface area contributed by atoms with Crippen LogP contribution in [0.1, 0.15) is 84.2 Å². The first-order valence-corrected chi connectivity index (χ1v) is 15.6. The zero-order valence-corrected chi connectivity index (χ0v) is 25.7. The molecule has 0 spiro atoms. The lowest BCUT2D eigenvalue weighted by molar-refractivity contribution is -0.137.